The highest BCUT2D eigenvalue weighted by Crippen LogP contribution is 2.64. The zero-order valence-corrected chi connectivity index (χ0v) is 17.9. The van der Waals surface area contributed by atoms with E-state index in [1.165, 1.54) is 0 Å². The SMILES string of the molecule is CC[C@@]12C[C@@H]1c1ncc(CN3CCN(c4cnc(C(=O)NC)nc4)CC3)cc1NC2=O. The molecule has 2 N–H and O–H groups in total. The van der Waals surface area contributed by atoms with E-state index in [1.54, 1.807) is 19.4 Å². The smallest absolute Gasteiger partial charge is 0.288 e. The lowest BCUT2D eigenvalue weighted by Crippen LogP contribution is -2.46. The van der Waals surface area contributed by atoms with Crippen molar-refractivity contribution < 1.29 is 9.59 Å². The fourth-order valence-corrected chi connectivity index (χ4v) is 4.83. The Hall–Kier alpha value is -3.07. The number of carbonyl (C=O) groups is 2. The highest BCUT2D eigenvalue weighted by atomic mass is 16.2. The summed E-state index contributed by atoms with van der Waals surface area (Å²) in [6.07, 6.45) is 7.17. The number of anilines is 2. The third-order valence-electron chi connectivity index (χ3n) is 6.92. The van der Waals surface area contributed by atoms with Gasteiger partial charge < -0.3 is 15.5 Å². The van der Waals surface area contributed by atoms with E-state index in [0.29, 0.717) is 0 Å². The molecule has 2 aromatic rings. The predicted molar refractivity (Wildman–Crippen MR) is 116 cm³/mol. The highest BCUT2D eigenvalue weighted by molar-refractivity contribution is 6.02. The van der Waals surface area contributed by atoms with Crippen LogP contribution in [-0.2, 0) is 11.3 Å². The molecule has 0 aromatic carbocycles. The molecule has 1 aliphatic carbocycles. The van der Waals surface area contributed by atoms with E-state index in [2.05, 4.69) is 43.4 Å². The minimum Gasteiger partial charge on any atom is -0.366 e. The predicted octanol–water partition coefficient (Wildman–Crippen LogP) is 1.39. The van der Waals surface area contributed by atoms with Gasteiger partial charge in [-0.1, -0.05) is 6.92 Å². The Bertz CT molecular complexity index is 1020. The molecule has 1 saturated heterocycles. The summed E-state index contributed by atoms with van der Waals surface area (Å²) < 4.78 is 0. The summed E-state index contributed by atoms with van der Waals surface area (Å²) in [5.41, 5.74) is 3.78. The van der Waals surface area contributed by atoms with Gasteiger partial charge >= 0.3 is 0 Å². The molecule has 2 aromatic heterocycles. The number of nitrogens with one attached hydrogen (secondary N) is 2. The Morgan fingerprint density at radius 1 is 1.19 bits per heavy atom. The molecule has 2 atom stereocenters. The van der Waals surface area contributed by atoms with Crippen LogP contribution in [0.2, 0.25) is 0 Å². The Morgan fingerprint density at radius 3 is 2.61 bits per heavy atom. The standard InChI is InChI=1S/C22H27N7O2/c1-3-22-9-16(22)18-17(27-21(22)31)8-14(10-24-18)13-28-4-6-29(7-5-28)15-11-25-19(26-12-15)20(30)23-2/h8,10-12,16H,3-7,9,13H2,1-2H3,(H,23,30)(H,27,31)/t16-,22-/m1/s1. The first-order chi connectivity index (χ1) is 15.0. The quantitative estimate of drug-likeness (QED) is 0.752. The number of piperazine rings is 1. The number of carbonyl (C=O) groups excluding carboxylic acids is 2. The van der Waals surface area contributed by atoms with E-state index < -0.39 is 0 Å². The van der Waals surface area contributed by atoms with Crippen LogP contribution in [0.5, 0.6) is 0 Å². The van der Waals surface area contributed by atoms with Crippen LogP contribution >= 0.6 is 0 Å². The minimum absolute atomic E-state index is 0.157. The van der Waals surface area contributed by atoms with Crippen LogP contribution in [0, 0.1) is 5.41 Å². The fraction of sp³-hybridized carbons (Fsp3) is 0.500. The van der Waals surface area contributed by atoms with E-state index in [9.17, 15) is 9.59 Å². The van der Waals surface area contributed by atoms with Gasteiger partial charge in [-0.25, -0.2) is 9.97 Å². The first-order valence-electron chi connectivity index (χ1n) is 10.9. The lowest BCUT2D eigenvalue weighted by molar-refractivity contribution is -0.121. The van der Waals surface area contributed by atoms with Crippen LogP contribution < -0.4 is 15.5 Å². The van der Waals surface area contributed by atoms with E-state index in [-0.39, 0.29) is 29.0 Å². The molecule has 9 nitrogen and oxygen atoms in total. The molecule has 5 rings (SSSR count). The number of pyridine rings is 1. The Balaban J connectivity index is 1.19. The molecule has 4 heterocycles. The van der Waals surface area contributed by atoms with Crippen molar-refractivity contribution in [2.75, 3.05) is 43.4 Å². The summed E-state index contributed by atoms with van der Waals surface area (Å²) in [7, 11) is 1.56. The maximum absolute atomic E-state index is 12.5. The molecule has 2 aliphatic heterocycles. The van der Waals surface area contributed by atoms with Gasteiger partial charge in [-0.05, 0) is 24.5 Å². The van der Waals surface area contributed by atoms with Crippen LogP contribution in [0.25, 0.3) is 0 Å². The van der Waals surface area contributed by atoms with E-state index in [0.717, 1.165) is 68.2 Å². The van der Waals surface area contributed by atoms with Crippen LogP contribution in [0.4, 0.5) is 11.4 Å². The summed E-state index contributed by atoms with van der Waals surface area (Å²) in [6, 6.07) is 2.09. The Labute approximate surface area is 181 Å². The molecule has 31 heavy (non-hydrogen) atoms. The molecule has 162 valence electrons. The lowest BCUT2D eigenvalue weighted by atomic mass is 9.93. The van der Waals surface area contributed by atoms with Crippen molar-refractivity contribution in [3.63, 3.8) is 0 Å². The third kappa shape index (κ3) is 3.42. The highest BCUT2D eigenvalue weighted by Gasteiger charge is 2.62. The van der Waals surface area contributed by atoms with Gasteiger partial charge in [0.15, 0.2) is 0 Å². The second kappa shape index (κ2) is 7.56. The summed E-state index contributed by atoms with van der Waals surface area (Å²) in [6.45, 7) is 6.42. The van der Waals surface area contributed by atoms with Crippen molar-refractivity contribution in [1.29, 1.82) is 0 Å². The topological polar surface area (TPSA) is 103 Å². The zero-order valence-electron chi connectivity index (χ0n) is 17.9. The lowest BCUT2D eigenvalue weighted by Gasteiger charge is -2.35. The Kier molecular flexibility index (Phi) is 4.85. The average Bonchev–Trinajstić information content (AvgIpc) is 3.56. The summed E-state index contributed by atoms with van der Waals surface area (Å²) >= 11 is 0. The number of amides is 2. The van der Waals surface area contributed by atoms with Gasteiger partial charge in [0, 0.05) is 51.9 Å². The third-order valence-corrected chi connectivity index (χ3v) is 6.92. The van der Waals surface area contributed by atoms with Crippen LogP contribution in [-0.4, -0.2) is 64.9 Å². The van der Waals surface area contributed by atoms with Crippen LogP contribution in [0.1, 0.15) is 47.6 Å². The van der Waals surface area contributed by atoms with Crippen LogP contribution in [0.15, 0.2) is 24.7 Å². The van der Waals surface area contributed by atoms with Gasteiger partial charge in [-0.2, -0.15) is 0 Å². The summed E-state index contributed by atoms with van der Waals surface area (Å²) in [5, 5.41) is 5.62. The first-order valence-corrected chi connectivity index (χ1v) is 10.9. The molecule has 0 spiro atoms. The molecule has 1 saturated carbocycles. The molecule has 9 heteroatoms. The zero-order chi connectivity index (χ0) is 21.6. The van der Waals surface area contributed by atoms with E-state index >= 15 is 0 Å². The summed E-state index contributed by atoms with van der Waals surface area (Å²) in [5.74, 6) is 0.341. The molecular weight excluding hydrogens is 394 g/mol. The fourth-order valence-electron chi connectivity index (χ4n) is 4.83. The molecule has 0 unspecified atom stereocenters. The van der Waals surface area contributed by atoms with E-state index in [4.69, 9.17) is 4.98 Å². The van der Waals surface area contributed by atoms with E-state index in [1.807, 2.05) is 6.20 Å². The maximum Gasteiger partial charge on any atom is 0.288 e. The monoisotopic (exact) mass is 421 g/mol. The van der Waals surface area contributed by atoms with Crippen molar-refractivity contribution in [3.8, 4) is 0 Å². The summed E-state index contributed by atoms with van der Waals surface area (Å²) in [4.78, 5) is 41.8. The molecule has 0 radical (unpaired) electrons. The van der Waals surface area contributed by atoms with Gasteiger partial charge in [0.2, 0.25) is 11.7 Å². The second-order valence-electron chi connectivity index (χ2n) is 8.60. The van der Waals surface area contributed by atoms with Crippen LogP contribution in [0.3, 0.4) is 0 Å². The van der Waals surface area contributed by atoms with Gasteiger partial charge in [-0.15, -0.1) is 0 Å². The van der Waals surface area contributed by atoms with Gasteiger partial charge in [0.25, 0.3) is 5.91 Å². The first kappa shape index (κ1) is 19.9. The van der Waals surface area contributed by atoms with Crippen molar-refractivity contribution in [2.45, 2.75) is 32.2 Å². The van der Waals surface area contributed by atoms with Crippen molar-refractivity contribution in [1.82, 2.24) is 25.2 Å². The number of fused-ring (bicyclic) bond motifs is 3. The average molecular weight is 422 g/mol. The van der Waals surface area contributed by atoms with Gasteiger partial charge in [0.1, 0.15) is 0 Å². The number of hydrogen-bond acceptors (Lipinski definition) is 7. The maximum atomic E-state index is 12.5. The van der Waals surface area contributed by atoms with Crippen molar-refractivity contribution in [3.05, 3.63) is 41.7 Å². The number of hydrogen-bond donors (Lipinski definition) is 2. The van der Waals surface area contributed by atoms with Gasteiger partial charge in [-0.3, -0.25) is 19.5 Å². The minimum atomic E-state index is -0.284. The molecule has 2 amide bonds. The second-order valence-corrected chi connectivity index (χ2v) is 8.60. The molecule has 3 aliphatic rings. The van der Waals surface area contributed by atoms with Crippen molar-refractivity contribution in [2.24, 2.45) is 5.41 Å². The molecule has 2 fully saturated rings. The van der Waals surface area contributed by atoms with Crippen molar-refractivity contribution >= 4 is 23.2 Å². The number of rotatable bonds is 5. The number of nitrogens with zero attached hydrogens (tertiary/aromatic N) is 5. The molecule has 0 bridgehead atoms. The molecular formula is C22H27N7O2. The number of aromatic nitrogens is 3. The Morgan fingerprint density at radius 2 is 1.94 bits per heavy atom. The largest absolute Gasteiger partial charge is 0.366 e. The van der Waals surface area contributed by atoms with Gasteiger partial charge in [0.05, 0.1) is 34.9 Å². The normalized spacial score (nSPS) is 24.8.